The second-order valence-corrected chi connectivity index (χ2v) is 4.42. The molecule has 2 heterocycles. The first-order chi connectivity index (χ1) is 8.75. The van der Waals surface area contributed by atoms with Gasteiger partial charge in [-0.25, -0.2) is 4.79 Å². The smallest absolute Gasteiger partial charge is 0.359 e. The maximum Gasteiger partial charge on any atom is 0.359 e. The Hall–Kier alpha value is -1.76. The van der Waals surface area contributed by atoms with Crippen molar-refractivity contribution in [3.63, 3.8) is 0 Å². The van der Waals surface area contributed by atoms with Gasteiger partial charge in [0.1, 0.15) is 5.69 Å². The Morgan fingerprint density at radius 2 is 1.90 bits per heavy atom. The highest BCUT2D eigenvalue weighted by Crippen LogP contribution is 2.26. The number of benzene rings is 1. The number of nitrogens with two attached hydrogens (primary N) is 1. The average molecular weight is 316 g/mol. The maximum atomic E-state index is 11.5. The first-order valence-corrected chi connectivity index (χ1v) is 6.04. The first-order valence-electron chi connectivity index (χ1n) is 6.04. The van der Waals surface area contributed by atoms with Crippen LogP contribution in [0.15, 0.2) is 33.5 Å². The van der Waals surface area contributed by atoms with Crippen molar-refractivity contribution in [1.29, 1.82) is 0 Å². The van der Waals surface area contributed by atoms with Gasteiger partial charge in [0.05, 0.1) is 5.69 Å². The van der Waals surface area contributed by atoms with Crippen LogP contribution >= 0.6 is 12.4 Å². The van der Waals surface area contributed by atoms with E-state index in [0.29, 0.717) is 5.58 Å². The molecule has 1 fully saturated rings. The van der Waals surface area contributed by atoms with Gasteiger partial charge in [-0.15, -0.1) is 12.4 Å². The van der Waals surface area contributed by atoms with Crippen molar-refractivity contribution in [3.8, 4) is 0 Å². The summed E-state index contributed by atoms with van der Waals surface area (Å²) < 4.78 is 5.33. The third kappa shape index (κ3) is 3.66. The summed E-state index contributed by atoms with van der Waals surface area (Å²) in [6, 6.07) is 7.51. The summed E-state index contributed by atoms with van der Waals surface area (Å²) in [5, 5.41) is 4.16. The van der Waals surface area contributed by atoms with Crippen molar-refractivity contribution in [2.75, 3.05) is 36.8 Å². The Bertz CT molecular complexity index is 639. The van der Waals surface area contributed by atoms with E-state index in [1.807, 2.05) is 18.2 Å². The number of fused-ring (bicyclic) bond motifs is 1. The molecule has 0 amide bonds. The molecule has 5 N–H and O–H groups in total. The molecule has 1 saturated heterocycles. The van der Waals surface area contributed by atoms with E-state index < -0.39 is 5.63 Å². The third-order valence-corrected chi connectivity index (χ3v) is 3.22. The van der Waals surface area contributed by atoms with E-state index in [9.17, 15) is 4.79 Å². The van der Waals surface area contributed by atoms with E-state index in [1.54, 1.807) is 6.07 Å². The fourth-order valence-electron chi connectivity index (χ4n) is 2.30. The molecule has 0 spiro atoms. The summed E-state index contributed by atoms with van der Waals surface area (Å²) in [6.07, 6.45) is 0. The van der Waals surface area contributed by atoms with Crippen LogP contribution in [0, 0.1) is 0 Å². The first kappa shape index (κ1) is 19.2. The molecule has 0 aliphatic carbocycles. The molecule has 118 valence electrons. The number of nitrogen functional groups attached to an aromatic ring is 1. The predicted octanol–water partition coefficient (Wildman–Crippen LogP) is 1.02. The van der Waals surface area contributed by atoms with Crippen LogP contribution in [-0.4, -0.2) is 31.7 Å². The summed E-state index contributed by atoms with van der Waals surface area (Å²) in [5.41, 5.74) is 6.86. The molecule has 0 saturated carbocycles. The Morgan fingerprint density at radius 3 is 2.57 bits per heavy atom. The normalized spacial score (nSPS) is 13.8. The van der Waals surface area contributed by atoms with Crippen LogP contribution in [0.5, 0.6) is 0 Å². The molecule has 6 nitrogen and oxygen atoms in total. The lowest BCUT2D eigenvalue weighted by atomic mass is 10.1. The van der Waals surface area contributed by atoms with Gasteiger partial charge in [-0.1, -0.05) is 19.6 Å². The molecular formula is C14H22ClN3O3. The number of nitrogens with zero attached hydrogens (tertiary/aromatic N) is 1. The quantitative estimate of drug-likeness (QED) is 0.765. The van der Waals surface area contributed by atoms with Gasteiger partial charge in [-0.2, -0.15) is 0 Å². The Balaban J connectivity index is 0.00000133. The summed E-state index contributed by atoms with van der Waals surface area (Å²) in [7, 11) is 0. The van der Waals surface area contributed by atoms with Crippen LogP contribution in [0.4, 0.5) is 11.4 Å². The molecule has 3 rings (SSSR count). The van der Waals surface area contributed by atoms with E-state index in [-0.39, 0.29) is 31.0 Å². The molecule has 2 aromatic rings. The zero-order chi connectivity index (χ0) is 12.5. The summed E-state index contributed by atoms with van der Waals surface area (Å²) in [5.74, 6) is 0. The standard InChI is InChI=1S/C13H15N3O2.CH4.ClH.H2O/c14-10-8-9-2-1-3-11(12(9)18-13(10)17)16-6-4-15-5-7-16;;;/h1-3,8,15H,4-7,14H2;1H4;1H;1H2. The highest BCUT2D eigenvalue weighted by molar-refractivity contribution is 5.90. The van der Waals surface area contributed by atoms with Crippen molar-refractivity contribution >= 4 is 34.8 Å². The molecule has 21 heavy (non-hydrogen) atoms. The maximum absolute atomic E-state index is 11.5. The van der Waals surface area contributed by atoms with Crippen molar-refractivity contribution in [2.45, 2.75) is 7.43 Å². The molecule has 1 aromatic heterocycles. The monoisotopic (exact) mass is 315 g/mol. The number of halogens is 1. The summed E-state index contributed by atoms with van der Waals surface area (Å²) >= 11 is 0. The lowest BCUT2D eigenvalue weighted by Gasteiger charge is -2.29. The minimum atomic E-state index is -0.468. The largest absolute Gasteiger partial charge is 0.419 e. The van der Waals surface area contributed by atoms with E-state index in [0.717, 1.165) is 37.3 Å². The van der Waals surface area contributed by atoms with Crippen LogP contribution in [0.3, 0.4) is 0 Å². The fraction of sp³-hybridized carbons (Fsp3) is 0.357. The minimum absolute atomic E-state index is 0. The second kappa shape index (κ2) is 7.87. The lowest BCUT2D eigenvalue weighted by Crippen LogP contribution is -2.43. The molecule has 0 bridgehead atoms. The van der Waals surface area contributed by atoms with Gasteiger partial charge in [-0.05, 0) is 12.1 Å². The molecule has 0 atom stereocenters. The Labute approximate surface area is 129 Å². The van der Waals surface area contributed by atoms with Gasteiger partial charge in [-0.3, -0.25) is 0 Å². The average Bonchev–Trinajstić information content (AvgIpc) is 2.40. The van der Waals surface area contributed by atoms with Crippen molar-refractivity contribution < 1.29 is 9.89 Å². The van der Waals surface area contributed by atoms with E-state index >= 15 is 0 Å². The molecule has 1 aliphatic rings. The van der Waals surface area contributed by atoms with E-state index in [4.69, 9.17) is 10.2 Å². The number of hydrogen-bond acceptors (Lipinski definition) is 5. The van der Waals surface area contributed by atoms with Crippen LogP contribution in [0.2, 0.25) is 0 Å². The molecule has 0 radical (unpaired) electrons. The van der Waals surface area contributed by atoms with Gasteiger partial charge >= 0.3 is 5.63 Å². The van der Waals surface area contributed by atoms with Gasteiger partial charge in [0, 0.05) is 31.6 Å². The van der Waals surface area contributed by atoms with Gasteiger partial charge in [0.25, 0.3) is 0 Å². The highest BCUT2D eigenvalue weighted by atomic mass is 35.5. The number of para-hydroxylation sites is 1. The number of piperazine rings is 1. The number of rotatable bonds is 1. The fourth-order valence-corrected chi connectivity index (χ4v) is 2.30. The number of nitrogens with one attached hydrogen (secondary N) is 1. The summed E-state index contributed by atoms with van der Waals surface area (Å²) in [6.45, 7) is 3.70. The molecular weight excluding hydrogens is 294 g/mol. The lowest BCUT2D eigenvalue weighted by molar-refractivity contribution is 0.554. The molecule has 1 aliphatic heterocycles. The van der Waals surface area contributed by atoms with Gasteiger partial charge < -0.3 is 25.8 Å². The number of hydrogen-bond donors (Lipinski definition) is 2. The molecule has 1 aromatic carbocycles. The van der Waals surface area contributed by atoms with Gasteiger partial charge in [0.2, 0.25) is 0 Å². The Kier molecular flexibility index (Phi) is 7.21. The van der Waals surface area contributed by atoms with E-state index in [1.165, 1.54) is 0 Å². The van der Waals surface area contributed by atoms with Crippen molar-refractivity contribution in [1.82, 2.24) is 5.32 Å². The predicted molar refractivity (Wildman–Crippen MR) is 89.6 cm³/mol. The second-order valence-electron chi connectivity index (χ2n) is 4.42. The van der Waals surface area contributed by atoms with Crippen LogP contribution in [0.1, 0.15) is 7.43 Å². The topological polar surface area (TPSA) is 103 Å². The number of anilines is 2. The van der Waals surface area contributed by atoms with Crippen LogP contribution in [0.25, 0.3) is 11.0 Å². The SMILES string of the molecule is C.Cl.Nc1cc2cccc(N3CCNCC3)c2oc1=O.O. The summed E-state index contributed by atoms with van der Waals surface area (Å²) in [4.78, 5) is 13.8. The van der Waals surface area contributed by atoms with Crippen molar-refractivity contribution in [2.24, 2.45) is 0 Å². The van der Waals surface area contributed by atoms with Gasteiger partial charge in [0.15, 0.2) is 5.58 Å². The molecule has 0 unspecified atom stereocenters. The van der Waals surface area contributed by atoms with Crippen LogP contribution < -0.4 is 21.6 Å². The van der Waals surface area contributed by atoms with Crippen molar-refractivity contribution in [3.05, 3.63) is 34.7 Å². The Morgan fingerprint density at radius 1 is 1.24 bits per heavy atom. The zero-order valence-corrected chi connectivity index (χ0v) is 11.7. The highest BCUT2D eigenvalue weighted by Gasteiger charge is 2.15. The molecule has 7 heteroatoms. The minimum Gasteiger partial charge on any atom is -0.419 e. The zero-order valence-electron chi connectivity index (χ0n) is 10.9. The van der Waals surface area contributed by atoms with E-state index in [2.05, 4.69) is 10.2 Å². The van der Waals surface area contributed by atoms with Crippen LogP contribution in [-0.2, 0) is 0 Å². The third-order valence-electron chi connectivity index (χ3n) is 3.22.